The van der Waals surface area contributed by atoms with Crippen molar-refractivity contribution in [2.45, 2.75) is 25.4 Å². The first-order chi connectivity index (χ1) is 8.74. The van der Waals surface area contributed by atoms with Gasteiger partial charge in [-0.3, -0.25) is 5.43 Å². The number of hydrazine groups is 1. The predicted octanol–water partition coefficient (Wildman–Crippen LogP) is 0.478. The van der Waals surface area contributed by atoms with Gasteiger partial charge in [0, 0.05) is 25.4 Å². The second-order valence-corrected chi connectivity index (χ2v) is 4.55. The molecule has 8 heteroatoms. The summed E-state index contributed by atoms with van der Waals surface area (Å²) >= 11 is 1.48. The number of hydrogen-bond acceptors (Lipinski definition) is 8. The number of rotatable bonds is 8. The highest BCUT2D eigenvalue weighted by atomic mass is 32.2. The van der Waals surface area contributed by atoms with Gasteiger partial charge in [-0.05, 0) is 20.3 Å². The van der Waals surface area contributed by atoms with Gasteiger partial charge in [0.1, 0.15) is 0 Å². The lowest BCUT2D eigenvalue weighted by Crippen LogP contribution is -2.25. The van der Waals surface area contributed by atoms with Crippen molar-refractivity contribution >= 4 is 23.7 Å². The molecule has 0 aliphatic heterocycles. The Kier molecular flexibility index (Phi) is 6.69. The summed E-state index contributed by atoms with van der Waals surface area (Å²) in [5.41, 5.74) is 2.45. The Morgan fingerprint density at radius 1 is 1.28 bits per heavy atom. The maximum Gasteiger partial charge on any atom is 0.242 e. The van der Waals surface area contributed by atoms with Crippen LogP contribution in [0.2, 0.25) is 0 Å². The van der Waals surface area contributed by atoms with E-state index in [1.165, 1.54) is 11.8 Å². The second kappa shape index (κ2) is 8.06. The number of aromatic nitrogens is 3. The first kappa shape index (κ1) is 14.9. The minimum absolute atomic E-state index is 0.170. The van der Waals surface area contributed by atoms with Crippen molar-refractivity contribution in [3.8, 4) is 0 Å². The van der Waals surface area contributed by atoms with Gasteiger partial charge in [-0.2, -0.15) is 15.0 Å². The summed E-state index contributed by atoms with van der Waals surface area (Å²) in [5, 5.41) is 9.38. The third-order valence-corrected chi connectivity index (χ3v) is 3.25. The monoisotopic (exact) mass is 272 g/mol. The molecule has 0 aromatic carbocycles. The Morgan fingerprint density at radius 3 is 2.56 bits per heavy atom. The van der Waals surface area contributed by atoms with Crippen molar-refractivity contribution in [3.05, 3.63) is 0 Å². The van der Waals surface area contributed by atoms with Crippen LogP contribution in [0.15, 0.2) is 5.16 Å². The molecule has 0 saturated heterocycles. The van der Waals surface area contributed by atoms with E-state index in [1.54, 1.807) is 0 Å². The van der Waals surface area contributed by atoms with E-state index in [0.717, 1.165) is 18.8 Å². The zero-order valence-corrected chi connectivity index (χ0v) is 11.6. The molecule has 18 heavy (non-hydrogen) atoms. The summed E-state index contributed by atoms with van der Waals surface area (Å²) in [7, 11) is 0. The largest absolute Gasteiger partial charge is 0.396 e. The van der Waals surface area contributed by atoms with E-state index in [0.29, 0.717) is 23.5 Å². The molecule has 0 spiro atoms. The molecule has 7 nitrogen and oxygen atoms in total. The highest BCUT2D eigenvalue weighted by Crippen LogP contribution is 2.18. The Balaban J connectivity index is 2.86. The zero-order valence-electron chi connectivity index (χ0n) is 10.8. The predicted molar refractivity (Wildman–Crippen MR) is 73.6 cm³/mol. The number of aliphatic hydroxyl groups is 1. The van der Waals surface area contributed by atoms with Gasteiger partial charge in [-0.1, -0.05) is 11.8 Å². The smallest absolute Gasteiger partial charge is 0.242 e. The van der Waals surface area contributed by atoms with E-state index in [4.69, 9.17) is 10.9 Å². The van der Waals surface area contributed by atoms with Crippen molar-refractivity contribution < 1.29 is 5.11 Å². The second-order valence-electron chi connectivity index (χ2n) is 3.48. The van der Waals surface area contributed by atoms with Crippen molar-refractivity contribution in [1.82, 2.24) is 15.0 Å². The van der Waals surface area contributed by atoms with E-state index < -0.39 is 0 Å². The number of thioether (sulfide) groups is 1. The van der Waals surface area contributed by atoms with Crippen LogP contribution in [0, 0.1) is 0 Å². The van der Waals surface area contributed by atoms with Crippen molar-refractivity contribution in [1.29, 1.82) is 0 Å². The molecule has 1 rings (SSSR count). The van der Waals surface area contributed by atoms with Crippen LogP contribution < -0.4 is 16.2 Å². The average molecular weight is 272 g/mol. The molecule has 1 heterocycles. The summed E-state index contributed by atoms with van der Waals surface area (Å²) in [6, 6.07) is 0. The van der Waals surface area contributed by atoms with Crippen LogP contribution in [0.5, 0.6) is 0 Å². The Hall–Kier alpha value is -1.12. The summed E-state index contributed by atoms with van der Waals surface area (Å²) in [4.78, 5) is 14.8. The lowest BCUT2D eigenvalue weighted by atomic mass is 10.5. The first-order valence-electron chi connectivity index (χ1n) is 5.96. The third kappa shape index (κ3) is 4.28. The maximum atomic E-state index is 8.76. The van der Waals surface area contributed by atoms with E-state index >= 15 is 0 Å². The fourth-order valence-corrected chi connectivity index (χ4v) is 2.10. The van der Waals surface area contributed by atoms with Crippen LogP contribution >= 0.6 is 11.8 Å². The zero-order chi connectivity index (χ0) is 13.4. The molecule has 0 fully saturated rings. The maximum absolute atomic E-state index is 8.76. The average Bonchev–Trinajstić information content (AvgIpc) is 2.40. The van der Waals surface area contributed by atoms with Crippen molar-refractivity contribution in [2.75, 3.05) is 35.8 Å². The molecule has 1 aromatic rings. The SMILES string of the molecule is CCN(CC)c1nc(NN)nc(SCCCO)n1. The molecule has 0 saturated carbocycles. The summed E-state index contributed by atoms with van der Waals surface area (Å²) in [6.07, 6.45) is 0.711. The number of nitrogens with one attached hydrogen (secondary N) is 1. The fraction of sp³-hybridized carbons (Fsp3) is 0.700. The molecule has 0 aliphatic rings. The Morgan fingerprint density at radius 2 is 2.00 bits per heavy atom. The van der Waals surface area contributed by atoms with Gasteiger partial charge in [0.25, 0.3) is 0 Å². The molecule has 102 valence electrons. The number of nitrogens with zero attached hydrogens (tertiary/aromatic N) is 4. The number of anilines is 2. The molecule has 0 bridgehead atoms. The number of nitrogens with two attached hydrogens (primary N) is 1. The van der Waals surface area contributed by atoms with E-state index in [9.17, 15) is 0 Å². The quantitative estimate of drug-likeness (QED) is 0.272. The molecule has 0 amide bonds. The minimum atomic E-state index is 0.170. The normalized spacial score (nSPS) is 10.4. The van der Waals surface area contributed by atoms with Crippen LogP contribution in [0.3, 0.4) is 0 Å². The van der Waals surface area contributed by atoms with Crippen LogP contribution in [-0.2, 0) is 0 Å². The molecular formula is C10H20N6OS. The van der Waals surface area contributed by atoms with E-state index in [-0.39, 0.29) is 6.61 Å². The topological polar surface area (TPSA) is 100 Å². The first-order valence-corrected chi connectivity index (χ1v) is 6.95. The summed E-state index contributed by atoms with van der Waals surface area (Å²) < 4.78 is 0. The number of nitrogen functional groups attached to an aromatic ring is 1. The van der Waals surface area contributed by atoms with Gasteiger partial charge in [0.05, 0.1) is 0 Å². The molecule has 1 aromatic heterocycles. The highest BCUT2D eigenvalue weighted by Gasteiger charge is 2.10. The standard InChI is InChI=1S/C10H20N6OS/c1-3-16(4-2)9-12-8(15-11)13-10(14-9)18-7-5-6-17/h17H,3-7,11H2,1-2H3,(H,12,13,14,15). The van der Waals surface area contributed by atoms with Crippen LogP contribution in [0.25, 0.3) is 0 Å². The van der Waals surface area contributed by atoms with Gasteiger partial charge >= 0.3 is 0 Å². The van der Waals surface area contributed by atoms with Gasteiger partial charge in [0.2, 0.25) is 11.9 Å². The van der Waals surface area contributed by atoms with Crippen molar-refractivity contribution in [3.63, 3.8) is 0 Å². The Bertz CT molecular complexity index is 360. The summed E-state index contributed by atoms with van der Waals surface area (Å²) in [5.74, 6) is 7.10. The van der Waals surface area contributed by atoms with E-state index in [2.05, 4.69) is 20.4 Å². The lowest BCUT2D eigenvalue weighted by Gasteiger charge is -2.19. The molecule has 0 aliphatic carbocycles. The van der Waals surface area contributed by atoms with Crippen LogP contribution in [0.4, 0.5) is 11.9 Å². The van der Waals surface area contributed by atoms with Gasteiger partial charge in [0.15, 0.2) is 5.16 Å². The summed E-state index contributed by atoms with van der Waals surface area (Å²) in [6.45, 7) is 5.91. The van der Waals surface area contributed by atoms with Gasteiger partial charge in [-0.15, -0.1) is 0 Å². The molecule has 0 radical (unpaired) electrons. The highest BCUT2D eigenvalue weighted by molar-refractivity contribution is 7.99. The Labute approximate surface area is 111 Å². The molecule has 0 unspecified atom stereocenters. The lowest BCUT2D eigenvalue weighted by molar-refractivity contribution is 0.296. The van der Waals surface area contributed by atoms with Gasteiger partial charge in [-0.25, -0.2) is 5.84 Å². The fourth-order valence-electron chi connectivity index (χ4n) is 1.35. The minimum Gasteiger partial charge on any atom is -0.396 e. The van der Waals surface area contributed by atoms with Crippen LogP contribution in [0.1, 0.15) is 20.3 Å². The number of aliphatic hydroxyl groups excluding tert-OH is 1. The third-order valence-electron chi connectivity index (χ3n) is 2.31. The van der Waals surface area contributed by atoms with Crippen LogP contribution in [-0.4, -0.2) is 45.5 Å². The number of hydrogen-bond donors (Lipinski definition) is 3. The molecule has 4 N–H and O–H groups in total. The van der Waals surface area contributed by atoms with E-state index in [1.807, 2.05) is 18.7 Å². The van der Waals surface area contributed by atoms with Gasteiger partial charge < -0.3 is 10.0 Å². The molecular weight excluding hydrogens is 252 g/mol. The van der Waals surface area contributed by atoms with Crippen molar-refractivity contribution in [2.24, 2.45) is 5.84 Å². The molecule has 0 atom stereocenters.